The van der Waals surface area contributed by atoms with Crippen LogP contribution in [-0.4, -0.2) is 47.0 Å². The largest absolute Gasteiger partial charge is 0.508 e. The van der Waals surface area contributed by atoms with Gasteiger partial charge in [0.05, 0.1) is 0 Å². The number of hydrogen-bond donors (Lipinski definition) is 1. The van der Waals surface area contributed by atoms with Gasteiger partial charge in [0.1, 0.15) is 5.75 Å². The lowest BCUT2D eigenvalue weighted by Crippen LogP contribution is -2.34. The third-order valence-corrected chi connectivity index (χ3v) is 4.46. The Kier molecular flexibility index (Phi) is 5.05. The second-order valence-corrected chi connectivity index (χ2v) is 6.19. The molecule has 1 N–H and O–H groups in total. The number of halogens is 1. The van der Waals surface area contributed by atoms with Gasteiger partial charge in [-0.15, -0.1) is 0 Å². The Balaban J connectivity index is 2.11. The molecule has 20 heavy (non-hydrogen) atoms. The van der Waals surface area contributed by atoms with Crippen molar-refractivity contribution >= 4 is 21.8 Å². The van der Waals surface area contributed by atoms with Crippen molar-refractivity contribution in [1.29, 1.82) is 0 Å². The zero-order valence-electron chi connectivity index (χ0n) is 12.0. The molecule has 1 atom stereocenters. The number of hydrogen-bond acceptors (Lipinski definition) is 3. The van der Waals surface area contributed by atoms with Gasteiger partial charge in [0.15, 0.2) is 0 Å². The van der Waals surface area contributed by atoms with E-state index < -0.39 is 0 Å². The predicted molar refractivity (Wildman–Crippen MR) is 82.7 cm³/mol. The number of amides is 1. The van der Waals surface area contributed by atoms with Crippen LogP contribution >= 0.6 is 15.9 Å². The highest BCUT2D eigenvalue weighted by Gasteiger charge is 2.22. The molecule has 2 rings (SSSR count). The van der Waals surface area contributed by atoms with Crippen LogP contribution in [0, 0.1) is 0 Å². The van der Waals surface area contributed by atoms with E-state index >= 15 is 0 Å². The van der Waals surface area contributed by atoms with Crippen molar-refractivity contribution in [3.05, 3.63) is 28.2 Å². The first-order valence-electron chi connectivity index (χ1n) is 6.97. The Bertz CT molecular complexity index is 493. The summed E-state index contributed by atoms with van der Waals surface area (Å²) in [4.78, 5) is 15.7. The van der Waals surface area contributed by atoms with Crippen molar-refractivity contribution in [3.63, 3.8) is 0 Å². The van der Waals surface area contributed by atoms with E-state index in [1.165, 1.54) is 0 Å². The summed E-state index contributed by atoms with van der Waals surface area (Å²) in [7, 11) is 0. The van der Waals surface area contributed by atoms with Gasteiger partial charge in [-0.3, -0.25) is 9.69 Å². The van der Waals surface area contributed by atoms with Crippen LogP contribution in [-0.2, 0) is 4.79 Å². The smallest absolute Gasteiger partial charge is 0.219 e. The molecule has 1 aliphatic rings. The second kappa shape index (κ2) is 6.59. The van der Waals surface area contributed by atoms with Crippen molar-refractivity contribution in [1.82, 2.24) is 9.80 Å². The van der Waals surface area contributed by atoms with Crippen molar-refractivity contribution < 1.29 is 9.90 Å². The van der Waals surface area contributed by atoms with E-state index in [2.05, 4.69) is 27.8 Å². The van der Waals surface area contributed by atoms with Crippen molar-refractivity contribution in [2.45, 2.75) is 26.3 Å². The van der Waals surface area contributed by atoms with Crippen LogP contribution in [0.3, 0.4) is 0 Å². The van der Waals surface area contributed by atoms with Gasteiger partial charge in [-0.25, -0.2) is 0 Å². The molecule has 1 fully saturated rings. The van der Waals surface area contributed by atoms with E-state index in [1.54, 1.807) is 13.0 Å². The van der Waals surface area contributed by atoms with Crippen molar-refractivity contribution in [3.8, 4) is 5.75 Å². The maximum atomic E-state index is 11.5. The van der Waals surface area contributed by atoms with Gasteiger partial charge >= 0.3 is 0 Å². The van der Waals surface area contributed by atoms with E-state index in [1.807, 2.05) is 17.0 Å². The molecule has 1 amide bonds. The van der Waals surface area contributed by atoms with Crippen molar-refractivity contribution in [2.24, 2.45) is 0 Å². The topological polar surface area (TPSA) is 43.8 Å². The highest BCUT2D eigenvalue weighted by molar-refractivity contribution is 9.10. The lowest BCUT2D eigenvalue weighted by atomic mass is 10.1. The molecule has 1 aliphatic heterocycles. The SMILES string of the molecule is CC(=O)N1CCCN(C(C)c2cc(Br)ccc2O)CC1. The van der Waals surface area contributed by atoms with Crippen LogP contribution in [0.25, 0.3) is 0 Å². The van der Waals surface area contributed by atoms with Crippen molar-refractivity contribution in [2.75, 3.05) is 26.2 Å². The number of phenols is 1. The Labute approximate surface area is 128 Å². The molecule has 1 aromatic rings. The minimum atomic E-state index is 0.138. The third kappa shape index (κ3) is 3.52. The summed E-state index contributed by atoms with van der Waals surface area (Å²) in [6, 6.07) is 5.66. The first-order valence-corrected chi connectivity index (χ1v) is 7.76. The fraction of sp³-hybridized carbons (Fsp3) is 0.533. The van der Waals surface area contributed by atoms with Crippen LogP contribution in [0.1, 0.15) is 31.9 Å². The maximum Gasteiger partial charge on any atom is 0.219 e. The van der Waals surface area contributed by atoms with E-state index in [-0.39, 0.29) is 11.9 Å². The average Bonchev–Trinajstić information content (AvgIpc) is 2.66. The minimum absolute atomic E-state index is 0.138. The van der Waals surface area contributed by atoms with E-state index in [0.29, 0.717) is 5.75 Å². The second-order valence-electron chi connectivity index (χ2n) is 5.27. The molecular formula is C15H21BrN2O2. The molecule has 0 aromatic heterocycles. The third-order valence-electron chi connectivity index (χ3n) is 3.96. The van der Waals surface area contributed by atoms with Gasteiger partial charge in [-0.2, -0.15) is 0 Å². The summed E-state index contributed by atoms with van der Waals surface area (Å²) in [5.74, 6) is 0.471. The summed E-state index contributed by atoms with van der Waals surface area (Å²) < 4.78 is 0.970. The molecule has 4 nitrogen and oxygen atoms in total. The standard InChI is InChI=1S/C15H21BrN2O2/c1-11(14-10-13(16)4-5-15(14)20)17-6-3-7-18(9-8-17)12(2)19/h4-5,10-11,20H,3,6-9H2,1-2H3. The number of carbonyl (C=O) groups is 1. The normalized spacial score (nSPS) is 18.6. The van der Waals surface area contributed by atoms with Gasteiger partial charge in [-0.05, 0) is 31.5 Å². The van der Waals surface area contributed by atoms with Crippen LogP contribution < -0.4 is 0 Å². The molecule has 1 heterocycles. The summed E-state index contributed by atoms with van der Waals surface area (Å²) >= 11 is 3.45. The lowest BCUT2D eigenvalue weighted by molar-refractivity contribution is -0.128. The zero-order chi connectivity index (χ0) is 14.7. The minimum Gasteiger partial charge on any atom is -0.508 e. The number of rotatable bonds is 2. The first kappa shape index (κ1) is 15.3. The molecule has 0 bridgehead atoms. The van der Waals surface area contributed by atoms with Gasteiger partial charge in [0.25, 0.3) is 0 Å². The highest BCUT2D eigenvalue weighted by atomic mass is 79.9. The molecule has 0 radical (unpaired) electrons. The molecule has 1 saturated heterocycles. The van der Waals surface area contributed by atoms with E-state index in [0.717, 1.165) is 42.6 Å². The number of nitrogens with zero attached hydrogens (tertiary/aromatic N) is 2. The maximum absolute atomic E-state index is 11.5. The molecule has 1 aromatic carbocycles. The fourth-order valence-corrected chi connectivity index (χ4v) is 3.08. The van der Waals surface area contributed by atoms with Crippen LogP contribution in [0.5, 0.6) is 5.75 Å². The van der Waals surface area contributed by atoms with Gasteiger partial charge in [-0.1, -0.05) is 15.9 Å². The molecular weight excluding hydrogens is 320 g/mol. The predicted octanol–water partition coefficient (Wildman–Crippen LogP) is 2.77. The Hall–Kier alpha value is -1.07. The molecule has 0 aliphatic carbocycles. The Morgan fingerprint density at radius 3 is 2.75 bits per heavy atom. The fourth-order valence-electron chi connectivity index (χ4n) is 2.70. The zero-order valence-corrected chi connectivity index (χ0v) is 13.6. The summed E-state index contributed by atoms with van der Waals surface area (Å²) in [6.45, 7) is 7.09. The number of phenolic OH excluding ortho intramolecular Hbond substituents is 1. The van der Waals surface area contributed by atoms with Gasteiger partial charge in [0, 0.05) is 49.2 Å². The number of benzene rings is 1. The highest BCUT2D eigenvalue weighted by Crippen LogP contribution is 2.31. The molecule has 5 heteroatoms. The van der Waals surface area contributed by atoms with E-state index in [4.69, 9.17) is 0 Å². The summed E-state index contributed by atoms with van der Waals surface area (Å²) in [5, 5.41) is 10.0. The quantitative estimate of drug-likeness (QED) is 0.900. The Morgan fingerprint density at radius 1 is 1.30 bits per heavy atom. The first-order chi connectivity index (χ1) is 9.49. The summed E-state index contributed by atoms with van der Waals surface area (Å²) in [6.07, 6.45) is 0.971. The van der Waals surface area contributed by atoms with Crippen LogP contribution in [0.2, 0.25) is 0 Å². The molecule has 1 unspecified atom stereocenters. The van der Waals surface area contributed by atoms with Gasteiger partial charge < -0.3 is 10.0 Å². The molecule has 0 spiro atoms. The average molecular weight is 341 g/mol. The lowest BCUT2D eigenvalue weighted by Gasteiger charge is -2.28. The monoisotopic (exact) mass is 340 g/mol. The van der Waals surface area contributed by atoms with Crippen LogP contribution in [0.4, 0.5) is 0 Å². The molecule has 0 saturated carbocycles. The number of aromatic hydroxyl groups is 1. The summed E-state index contributed by atoms with van der Waals surface area (Å²) in [5.41, 5.74) is 0.927. The molecule has 110 valence electrons. The van der Waals surface area contributed by atoms with Gasteiger partial charge in [0.2, 0.25) is 5.91 Å². The Morgan fingerprint density at radius 2 is 2.05 bits per heavy atom. The van der Waals surface area contributed by atoms with Crippen LogP contribution in [0.15, 0.2) is 22.7 Å². The van der Waals surface area contributed by atoms with E-state index in [9.17, 15) is 9.90 Å². The number of carbonyl (C=O) groups excluding carboxylic acids is 1.